The number of carbonyl (C=O) groups excluding carboxylic acids is 2. The van der Waals surface area contributed by atoms with E-state index in [1.807, 2.05) is 0 Å². The van der Waals surface area contributed by atoms with E-state index >= 15 is 0 Å². The number of benzene rings is 1. The first-order chi connectivity index (χ1) is 13.0. The van der Waals surface area contributed by atoms with E-state index in [4.69, 9.17) is 4.42 Å². The fourth-order valence-electron chi connectivity index (χ4n) is 2.88. The van der Waals surface area contributed by atoms with E-state index in [9.17, 15) is 14.4 Å². The Kier molecular flexibility index (Phi) is 4.23. The molecule has 1 saturated carbocycles. The van der Waals surface area contributed by atoms with Crippen LogP contribution in [0.4, 0.5) is 5.69 Å². The number of hydrogen-bond acceptors (Lipinski definition) is 5. The van der Waals surface area contributed by atoms with Gasteiger partial charge in [-0.3, -0.25) is 14.2 Å². The molecule has 3 aromatic rings. The second-order valence-electron chi connectivity index (χ2n) is 6.52. The molecule has 8 nitrogen and oxygen atoms in total. The number of anilines is 1. The summed E-state index contributed by atoms with van der Waals surface area (Å²) in [4.78, 5) is 36.3. The van der Waals surface area contributed by atoms with Crippen molar-refractivity contribution in [2.75, 3.05) is 5.32 Å². The lowest BCUT2D eigenvalue weighted by Crippen LogP contribution is -2.30. The normalized spacial score (nSPS) is 13.5. The van der Waals surface area contributed by atoms with Crippen molar-refractivity contribution in [2.24, 2.45) is 0 Å². The van der Waals surface area contributed by atoms with Crippen LogP contribution in [0.1, 0.15) is 36.2 Å². The van der Waals surface area contributed by atoms with Crippen molar-refractivity contribution in [3.63, 3.8) is 0 Å². The van der Waals surface area contributed by atoms with E-state index in [0.29, 0.717) is 22.8 Å². The minimum absolute atomic E-state index is 0.0458. The van der Waals surface area contributed by atoms with Gasteiger partial charge in [0.15, 0.2) is 11.5 Å². The quantitative estimate of drug-likeness (QED) is 0.676. The summed E-state index contributed by atoms with van der Waals surface area (Å²) in [6.07, 6.45) is 3.34. The van der Waals surface area contributed by atoms with Crippen molar-refractivity contribution < 1.29 is 14.0 Å². The lowest BCUT2D eigenvalue weighted by Gasteiger charge is -2.05. The summed E-state index contributed by atoms with van der Waals surface area (Å²) in [5.41, 5.74) is 0.785. The molecule has 0 radical (unpaired) electrons. The second-order valence-corrected chi connectivity index (χ2v) is 6.52. The Morgan fingerprint density at radius 1 is 1.22 bits per heavy atom. The Bertz CT molecular complexity index is 1040. The van der Waals surface area contributed by atoms with Gasteiger partial charge in [0, 0.05) is 17.3 Å². The van der Waals surface area contributed by atoms with Crippen molar-refractivity contribution in [1.29, 1.82) is 0 Å². The zero-order valence-electron chi connectivity index (χ0n) is 14.7. The molecule has 0 spiro atoms. The Morgan fingerprint density at radius 2 is 1.96 bits per heavy atom. The van der Waals surface area contributed by atoms with Gasteiger partial charge in [-0.25, -0.2) is 9.48 Å². The van der Waals surface area contributed by atoms with Gasteiger partial charge >= 0.3 is 5.69 Å². The molecule has 1 aliphatic rings. The Balaban J connectivity index is 1.54. The van der Waals surface area contributed by atoms with Crippen LogP contribution in [0.5, 0.6) is 0 Å². The molecule has 0 bridgehead atoms. The third-order valence-electron chi connectivity index (χ3n) is 4.39. The largest absolute Gasteiger partial charge is 0.461 e. The fraction of sp³-hybridized carbons (Fsp3) is 0.263. The molecule has 2 aromatic heterocycles. The van der Waals surface area contributed by atoms with Crippen molar-refractivity contribution in [1.82, 2.24) is 14.3 Å². The molecule has 2 heterocycles. The lowest BCUT2D eigenvalue weighted by atomic mass is 10.1. The lowest BCUT2D eigenvalue weighted by molar-refractivity contribution is -0.117. The number of aromatic nitrogens is 3. The third-order valence-corrected chi connectivity index (χ3v) is 4.39. The zero-order chi connectivity index (χ0) is 19.0. The molecule has 0 aliphatic heterocycles. The third kappa shape index (κ3) is 3.46. The summed E-state index contributed by atoms with van der Waals surface area (Å²) in [6, 6.07) is 10.1. The summed E-state index contributed by atoms with van der Waals surface area (Å²) in [5.74, 6) is 0.513. The molecule has 1 aromatic carbocycles. The van der Waals surface area contributed by atoms with E-state index in [0.717, 1.165) is 17.5 Å². The maximum atomic E-state index is 12.7. The highest BCUT2D eigenvalue weighted by Gasteiger charge is 2.31. The van der Waals surface area contributed by atoms with Gasteiger partial charge in [0.25, 0.3) is 0 Å². The maximum Gasteiger partial charge on any atom is 0.347 e. The summed E-state index contributed by atoms with van der Waals surface area (Å²) in [6.45, 7) is 1.27. The molecule has 1 N–H and O–H groups in total. The molecule has 0 saturated heterocycles. The van der Waals surface area contributed by atoms with Crippen molar-refractivity contribution in [3.05, 3.63) is 58.7 Å². The van der Waals surface area contributed by atoms with E-state index in [-0.39, 0.29) is 30.0 Å². The van der Waals surface area contributed by atoms with Crippen LogP contribution in [0, 0.1) is 0 Å². The van der Waals surface area contributed by atoms with Gasteiger partial charge in [-0.1, -0.05) is 0 Å². The highest BCUT2D eigenvalue weighted by molar-refractivity contribution is 5.95. The van der Waals surface area contributed by atoms with E-state index < -0.39 is 0 Å². The standard InChI is InChI=1S/C19H18N4O4/c1-12(24)13-4-6-14(7-5-13)20-17(25)11-22-19(26)23(15-8-9-15)18(21-22)16-3-2-10-27-16/h2-7,10,15H,8-9,11H2,1H3,(H,20,25). The molecule has 1 fully saturated rings. The summed E-state index contributed by atoms with van der Waals surface area (Å²) in [5, 5.41) is 7.01. The number of amides is 1. The van der Waals surface area contributed by atoms with Crippen LogP contribution in [0.2, 0.25) is 0 Å². The monoisotopic (exact) mass is 366 g/mol. The van der Waals surface area contributed by atoms with E-state index in [1.54, 1.807) is 41.0 Å². The van der Waals surface area contributed by atoms with Crippen LogP contribution in [-0.4, -0.2) is 26.0 Å². The molecular weight excluding hydrogens is 348 g/mol. The molecule has 8 heteroatoms. The fourth-order valence-corrected chi connectivity index (χ4v) is 2.88. The number of Topliss-reactive ketones (excluding diaryl/α,β-unsaturated/α-hetero) is 1. The molecule has 1 amide bonds. The number of ketones is 1. The molecule has 0 atom stereocenters. The second kappa shape index (κ2) is 6.71. The van der Waals surface area contributed by atoms with Crippen LogP contribution < -0.4 is 11.0 Å². The highest BCUT2D eigenvalue weighted by atomic mass is 16.3. The first-order valence-corrected chi connectivity index (χ1v) is 8.67. The average molecular weight is 366 g/mol. The molecule has 138 valence electrons. The molecule has 4 rings (SSSR count). The first kappa shape index (κ1) is 17.0. The predicted molar refractivity (Wildman–Crippen MR) is 97.5 cm³/mol. The number of furan rings is 1. The molecule has 0 unspecified atom stereocenters. The minimum atomic E-state index is -0.376. The summed E-state index contributed by atoms with van der Waals surface area (Å²) < 4.78 is 8.11. The van der Waals surface area contributed by atoms with Gasteiger partial charge < -0.3 is 9.73 Å². The SMILES string of the molecule is CC(=O)c1ccc(NC(=O)Cn2nc(-c3ccco3)n(C3CC3)c2=O)cc1. The van der Waals surface area contributed by atoms with Crippen LogP contribution in [0.15, 0.2) is 51.9 Å². The predicted octanol–water partition coefficient (Wildman–Crippen LogP) is 2.48. The molecule has 27 heavy (non-hydrogen) atoms. The van der Waals surface area contributed by atoms with Gasteiger partial charge in [0.05, 0.1) is 6.26 Å². The van der Waals surface area contributed by atoms with E-state index in [2.05, 4.69) is 10.4 Å². The number of nitrogens with one attached hydrogen (secondary N) is 1. The van der Waals surface area contributed by atoms with Crippen LogP contribution in [0.25, 0.3) is 11.6 Å². The first-order valence-electron chi connectivity index (χ1n) is 8.67. The Morgan fingerprint density at radius 3 is 2.56 bits per heavy atom. The van der Waals surface area contributed by atoms with Crippen LogP contribution in [0.3, 0.4) is 0 Å². The number of nitrogens with zero attached hydrogens (tertiary/aromatic N) is 3. The van der Waals surface area contributed by atoms with Crippen molar-refractivity contribution in [2.45, 2.75) is 32.4 Å². The average Bonchev–Trinajstić information content (AvgIpc) is 3.22. The highest BCUT2D eigenvalue weighted by Crippen LogP contribution is 2.36. The van der Waals surface area contributed by atoms with Gasteiger partial charge in [-0.15, -0.1) is 5.10 Å². The zero-order valence-corrected chi connectivity index (χ0v) is 14.7. The van der Waals surface area contributed by atoms with Crippen LogP contribution in [-0.2, 0) is 11.3 Å². The Hall–Kier alpha value is -3.42. The molecule has 1 aliphatic carbocycles. The Labute approximate surface area is 154 Å². The van der Waals surface area contributed by atoms with Gasteiger partial charge in [-0.2, -0.15) is 0 Å². The molecular formula is C19H18N4O4. The number of rotatable bonds is 6. The van der Waals surface area contributed by atoms with E-state index in [1.165, 1.54) is 13.2 Å². The number of hydrogen-bond donors (Lipinski definition) is 1. The topological polar surface area (TPSA) is 99.1 Å². The van der Waals surface area contributed by atoms with Crippen molar-refractivity contribution >= 4 is 17.4 Å². The van der Waals surface area contributed by atoms with Gasteiger partial charge in [-0.05, 0) is 56.2 Å². The van der Waals surface area contributed by atoms with Crippen LogP contribution >= 0.6 is 0 Å². The summed E-state index contributed by atoms with van der Waals surface area (Å²) >= 11 is 0. The summed E-state index contributed by atoms with van der Waals surface area (Å²) in [7, 11) is 0. The minimum Gasteiger partial charge on any atom is -0.461 e. The number of carbonyl (C=O) groups is 2. The van der Waals surface area contributed by atoms with Gasteiger partial charge in [0.2, 0.25) is 11.7 Å². The smallest absolute Gasteiger partial charge is 0.347 e. The van der Waals surface area contributed by atoms with Gasteiger partial charge in [0.1, 0.15) is 6.54 Å². The van der Waals surface area contributed by atoms with Crippen molar-refractivity contribution in [3.8, 4) is 11.6 Å². The maximum absolute atomic E-state index is 12.7.